The number of rotatable bonds is 5. The molecular weight excluding hydrogens is 316 g/mol. The molecule has 7 heteroatoms. The quantitative estimate of drug-likeness (QED) is 0.887. The van der Waals surface area contributed by atoms with Gasteiger partial charge in [0.2, 0.25) is 5.91 Å². The number of hydrogen-bond donors (Lipinski definition) is 1. The van der Waals surface area contributed by atoms with Crippen molar-refractivity contribution in [3.05, 3.63) is 17.0 Å². The van der Waals surface area contributed by atoms with Crippen molar-refractivity contribution < 1.29 is 17.7 Å². The molecule has 2 rings (SSSR count). The Balaban J connectivity index is 2.00. The predicted molar refractivity (Wildman–Crippen MR) is 87.6 cm³/mol. The van der Waals surface area contributed by atoms with Gasteiger partial charge in [-0.15, -0.1) is 0 Å². The van der Waals surface area contributed by atoms with Gasteiger partial charge in [-0.1, -0.05) is 12.1 Å². The van der Waals surface area contributed by atoms with Crippen LogP contribution in [0.15, 0.2) is 4.52 Å². The molecule has 1 atom stereocenters. The number of nitrogens with zero attached hydrogens (tertiary/aromatic N) is 1. The molecule has 0 aliphatic heterocycles. The monoisotopic (exact) mass is 342 g/mol. The van der Waals surface area contributed by atoms with Crippen LogP contribution < -0.4 is 5.32 Å². The van der Waals surface area contributed by atoms with Crippen molar-refractivity contribution in [2.75, 3.05) is 0 Å². The molecule has 6 nitrogen and oxygen atoms in total. The summed E-state index contributed by atoms with van der Waals surface area (Å²) in [5.74, 6) is 0.546. The average Bonchev–Trinajstić information content (AvgIpc) is 2.80. The molecule has 130 valence electrons. The smallest absolute Gasteiger partial charge is 0.238 e. The lowest BCUT2D eigenvalue weighted by Gasteiger charge is -2.27. The maximum absolute atomic E-state index is 12.5. The van der Waals surface area contributed by atoms with E-state index in [0.717, 1.165) is 25.7 Å². The summed E-state index contributed by atoms with van der Waals surface area (Å²) < 4.78 is 30.0. The highest BCUT2D eigenvalue weighted by Gasteiger charge is 2.32. The van der Waals surface area contributed by atoms with E-state index in [2.05, 4.69) is 17.4 Å². The van der Waals surface area contributed by atoms with Crippen LogP contribution in [0.5, 0.6) is 0 Å². The molecule has 1 aromatic heterocycles. The van der Waals surface area contributed by atoms with Crippen LogP contribution in [-0.4, -0.2) is 30.8 Å². The number of carbonyl (C=O) groups excluding carboxylic acids is 1. The predicted octanol–water partition coefficient (Wildman–Crippen LogP) is 2.29. The number of aromatic nitrogens is 1. The standard InChI is InChI=1S/C16H26N2O4S/c1-10-5-7-14(8-6-10)17-16(19)13(4)23(20,21)9-15-11(2)18-22-12(15)3/h10,13-14H,5-9H2,1-4H3,(H,17,19)/t10?,13-,14?/m0/s1. The second-order valence-electron chi connectivity index (χ2n) is 6.72. The SMILES string of the molecule is Cc1noc(C)c1CS(=O)(=O)[C@@H](C)C(=O)NC1CCC(C)CC1. The van der Waals surface area contributed by atoms with Crippen LogP contribution in [0.2, 0.25) is 0 Å². The highest BCUT2D eigenvalue weighted by atomic mass is 32.2. The first-order valence-corrected chi connectivity index (χ1v) is 9.86. The second kappa shape index (κ2) is 7.03. The molecule has 23 heavy (non-hydrogen) atoms. The van der Waals surface area contributed by atoms with Crippen LogP contribution in [0.4, 0.5) is 0 Å². The molecule has 1 aliphatic rings. The number of carbonyl (C=O) groups is 1. The van der Waals surface area contributed by atoms with E-state index in [4.69, 9.17) is 4.52 Å². The van der Waals surface area contributed by atoms with Gasteiger partial charge >= 0.3 is 0 Å². The Morgan fingerprint density at radius 1 is 1.30 bits per heavy atom. The Bertz CT molecular complexity index is 638. The normalized spacial score (nSPS) is 23.5. The third-order valence-corrected chi connectivity index (χ3v) is 6.78. The lowest BCUT2D eigenvalue weighted by Crippen LogP contribution is -2.44. The van der Waals surface area contributed by atoms with Crippen molar-refractivity contribution in [2.45, 2.75) is 70.4 Å². The first-order valence-electron chi connectivity index (χ1n) is 8.14. The molecular formula is C16H26N2O4S. The maximum atomic E-state index is 12.5. The zero-order valence-electron chi connectivity index (χ0n) is 14.3. The van der Waals surface area contributed by atoms with E-state index in [1.807, 2.05) is 0 Å². The maximum Gasteiger partial charge on any atom is 0.238 e. The first kappa shape index (κ1) is 18.0. The topological polar surface area (TPSA) is 89.3 Å². The van der Waals surface area contributed by atoms with Crippen molar-refractivity contribution >= 4 is 15.7 Å². The van der Waals surface area contributed by atoms with E-state index in [1.165, 1.54) is 6.92 Å². The highest BCUT2D eigenvalue weighted by Crippen LogP contribution is 2.24. The van der Waals surface area contributed by atoms with E-state index in [-0.39, 0.29) is 11.8 Å². The summed E-state index contributed by atoms with van der Waals surface area (Å²) in [6.45, 7) is 7.04. The Morgan fingerprint density at radius 2 is 1.91 bits per heavy atom. The summed E-state index contributed by atoms with van der Waals surface area (Å²) in [5, 5.41) is 5.59. The molecule has 0 unspecified atom stereocenters. The third-order valence-electron chi connectivity index (χ3n) is 4.80. The Hall–Kier alpha value is -1.37. The molecule has 0 spiro atoms. The van der Waals surface area contributed by atoms with Gasteiger partial charge in [-0.3, -0.25) is 4.79 Å². The summed E-state index contributed by atoms with van der Waals surface area (Å²) >= 11 is 0. The van der Waals surface area contributed by atoms with Crippen LogP contribution in [0.1, 0.15) is 56.5 Å². The van der Waals surface area contributed by atoms with Crippen LogP contribution in [-0.2, 0) is 20.4 Å². The Kier molecular flexibility index (Phi) is 5.49. The molecule has 0 saturated heterocycles. The van der Waals surface area contributed by atoms with E-state index in [9.17, 15) is 13.2 Å². The summed E-state index contributed by atoms with van der Waals surface area (Å²) in [4.78, 5) is 12.3. The van der Waals surface area contributed by atoms with Crippen LogP contribution in [0.3, 0.4) is 0 Å². The summed E-state index contributed by atoms with van der Waals surface area (Å²) in [7, 11) is -3.60. The van der Waals surface area contributed by atoms with Crippen LogP contribution in [0.25, 0.3) is 0 Å². The number of amides is 1. The van der Waals surface area contributed by atoms with E-state index in [0.29, 0.717) is 22.9 Å². The van der Waals surface area contributed by atoms with Crippen molar-refractivity contribution in [3.8, 4) is 0 Å². The number of aryl methyl sites for hydroxylation is 2. The van der Waals surface area contributed by atoms with Gasteiger partial charge in [0.05, 0.1) is 11.4 Å². The molecule has 0 aromatic carbocycles. The lowest BCUT2D eigenvalue weighted by molar-refractivity contribution is -0.121. The van der Waals surface area contributed by atoms with Crippen molar-refractivity contribution in [3.63, 3.8) is 0 Å². The molecule has 1 N–H and O–H groups in total. The fraction of sp³-hybridized carbons (Fsp3) is 0.750. The molecule has 1 aromatic rings. The third kappa shape index (κ3) is 4.34. The van der Waals surface area contributed by atoms with Gasteiger partial charge in [-0.2, -0.15) is 0 Å². The summed E-state index contributed by atoms with van der Waals surface area (Å²) in [6, 6.07) is 0.0930. The first-order chi connectivity index (χ1) is 10.7. The average molecular weight is 342 g/mol. The second-order valence-corrected chi connectivity index (χ2v) is 9.04. The largest absolute Gasteiger partial charge is 0.361 e. The highest BCUT2D eigenvalue weighted by molar-refractivity contribution is 7.92. The van der Waals surface area contributed by atoms with Gasteiger partial charge in [0.25, 0.3) is 0 Å². The summed E-state index contributed by atoms with van der Waals surface area (Å²) in [6.07, 6.45) is 3.99. The molecule has 1 fully saturated rings. The Morgan fingerprint density at radius 3 is 2.43 bits per heavy atom. The zero-order chi connectivity index (χ0) is 17.2. The molecule has 1 heterocycles. The minimum Gasteiger partial charge on any atom is -0.361 e. The van der Waals surface area contributed by atoms with Gasteiger partial charge in [0, 0.05) is 11.6 Å². The minimum atomic E-state index is -3.60. The lowest BCUT2D eigenvalue weighted by atomic mass is 9.87. The Labute approximate surface area is 137 Å². The van der Waals surface area contributed by atoms with Crippen molar-refractivity contribution in [2.24, 2.45) is 5.92 Å². The molecule has 0 bridgehead atoms. The fourth-order valence-corrected chi connectivity index (χ4v) is 4.38. The summed E-state index contributed by atoms with van der Waals surface area (Å²) in [5.41, 5.74) is 1.11. The van der Waals surface area contributed by atoms with Gasteiger partial charge in [0.1, 0.15) is 11.0 Å². The van der Waals surface area contributed by atoms with E-state index in [1.54, 1.807) is 13.8 Å². The zero-order valence-corrected chi connectivity index (χ0v) is 15.1. The van der Waals surface area contributed by atoms with Crippen LogP contribution in [0, 0.1) is 19.8 Å². The number of hydrogen-bond acceptors (Lipinski definition) is 5. The van der Waals surface area contributed by atoms with Crippen molar-refractivity contribution in [1.82, 2.24) is 10.5 Å². The number of sulfone groups is 1. The van der Waals surface area contributed by atoms with Gasteiger partial charge in [-0.25, -0.2) is 8.42 Å². The van der Waals surface area contributed by atoms with E-state index >= 15 is 0 Å². The number of nitrogens with one attached hydrogen (secondary N) is 1. The van der Waals surface area contributed by atoms with Crippen molar-refractivity contribution in [1.29, 1.82) is 0 Å². The molecule has 0 radical (unpaired) electrons. The van der Waals surface area contributed by atoms with E-state index < -0.39 is 21.0 Å². The van der Waals surface area contributed by atoms with Gasteiger partial charge in [-0.05, 0) is 52.4 Å². The molecule has 1 aliphatic carbocycles. The fourth-order valence-electron chi connectivity index (χ4n) is 2.92. The minimum absolute atomic E-state index is 0.0930. The van der Waals surface area contributed by atoms with Gasteiger partial charge < -0.3 is 9.84 Å². The van der Waals surface area contributed by atoms with Gasteiger partial charge in [0.15, 0.2) is 9.84 Å². The molecule has 1 amide bonds. The van der Waals surface area contributed by atoms with Crippen LogP contribution >= 0.6 is 0 Å². The molecule has 1 saturated carbocycles.